The summed E-state index contributed by atoms with van der Waals surface area (Å²) in [5, 5.41) is 11.0. The second kappa shape index (κ2) is 9.80. The Balaban J connectivity index is 1.35. The predicted molar refractivity (Wildman–Crippen MR) is 134 cm³/mol. The molecule has 4 aromatic rings. The van der Waals surface area contributed by atoms with Gasteiger partial charge in [-0.15, -0.1) is 10.2 Å². The summed E-state index contributed by atoms with van der Waals surface area (Å²) in [6.07, 6.45) is -3.74. The van der Waals surface area contributed by atoms with Gasteiger partial charge < -0.3 is 9.80 Å². The molecule has 190 valence electrons. The van der Waals surface area contributed by atoms with Crippen molar-refractivity contribution in [1.29, 1.82) is 0 Å². The van der Waals surface area contributed by atoms with E-state index in [0.29, 0.717) is 32.0 Å². The Morgan fingerprint density at radius 3 is 2.24 bits per heavy atom. The first-order chi connectivity index (χ1) is 17.7. The molecular formula is C28H24F4N4O. The maximum atomic E-state index is 13.5. The van der Waals surface area contributed by atoms with Gasteiger partial charge in [0, 0.05) is 42.5 Å². The monoisotopic (exact) mass is 508 g/mol. The first-order valence-corrected chi connectivity index (χ1v) is 11.9. The van der Waals surface area contributed by atoms with Gasteiger partial charge in [0.25, 0.3) is 5.91 Å². The average molecular weight is 509 g/mol. The second-order valence-corrected chi connectivity index (χ2v) is 9.11. The number of anilines is 1. The lowest BCUT2D eigenvalue weighted by Gasteiger charge is -2.37. The number of carbonyl (C=O) groups is 1. The third-order valence-electron chi connectivity index (χ3n) is 6.86. The fourth-order valence-electron chi connectivity index (χ4n) is 4.89. The normalized spacial score (nSPS) is 14.7. The van der Waals surface area contributed by atoms with E-state index in [1.807, 2.05) is 54.6 Å². The molecule has 1 saturated heterocycles. The SMILES string of the molecule is CN(C(=O)c1ccc(F)cc1C(F)(F)F)C1CCN(c2nnc(-c3ccccc3)c3ccccc23)CC1. The molecule has 2 heterocycles. The molecule has 0 aliphatic carbocycles. The topological polar surface area (TPSA) is 49.3 Å². The number of hydrogen-bond donors (Lipinski definition) is 0. The van der Waals surface area contributed by atoms with Crippen molar-refractivity contribution in [2.45, 2.75) is 25.1 Å². The van der Waals surface area contributed by atoms with Crippen molar-refractivity contribution in [3.05, 3.63) is 89.7 Å². The molecule has 0 radical (unpaired) electrons. The summed E-state index contributed by atoms with van der Waals surface area (Å²) in [5.74, 6) is -1.07. The molecule has 5 nitrogen and oxygen atoms in total. The highest BCUT2D eigenvalue weighted by molar-refractivity contribution is 6.00. The van der Waals surface area contributed by atoms with Gasteiger partial charge in [0.05, 0.1) is 11.1 Å². The fourth-order valence-corrected chi connectivity index (χ4v) is 4.89. The number of piperidine rings is 1. The van der Waals surface area contributed by atoms with Crippen LogP contribution in [0, 0.1) is 5.82 Å². The van der Waals surface area contributed by atoms with Crippen molar-refractivity contribution < 1.29 is 22.4 Å². The molecule has 1 aliphatic rings. The van der Waals surface area contributed by atoms with E-state index in [4.69, 9.17) is 0 Å². The van der Waals surface area contributed by atoms with E-state index >= 15 is 0 Å². The Kier molecular flexibility index (Phi) is 6.54. The lowest BCUT2D eigenvalue weighted by molar-refractivity contribution is -0.138. The van der Waals surface area contributed by atoms with E-state index in [-0.39, 0.29) is 6.04 Å². The largest absolute Gasteiger partial charge is 0.417 e. The molecule has 3 aromatic carbocycles. The van der Waals surface area contributed by atoms with Crippen molar-refractivity contribution in [2.24, 2.45) is 0 Å². The van der Waals surface area contributed by atoms with Crippen LogP contribution < -0.4 is 4.90 Å². The fraction of sp³-hybridized carbons (Fsp3) is 0.250. The van der Waals surface area contributed by atoms with Crippen LogP contribution >= 0.6 is 0 Å². The Hall–Kier alpha value is -4.01. The van der Waals surface area contributed by atoms with E-state index < -0.39 is 29.0 Å². The van der Waals surface area contributed by atoms with Gasteiger partial charge in [-0.2, -0.15) is 13.2 Å². The van der Waals surface area contributed by atoms with Gasteiger partial charge in [0.15, 0.2) is 5.82 Å². The van der Waals surface area contributed by atoms with E-state index in [0.717, 1.165) is 40.0 Å². The first kappa shape index (κ1) is 24.7. The molecule has 0 N–H and O–H groups in total. The van der Waals surface area contributed by atoms with Crippen LogP contribution in [0.4, 0.5) is 23.4 Å². The molecule has 5 rings (SSSR count). The zero-order valence-electron chi connectivity index (χ0n) is 20.0. The van der Waals surface area contributed by atoms with Gasteiger partial charge in [-0.1, -0.05) is 54.6 Å². The average Bonchev–Trinajstić information content (AvgIpc) is 2.92. The van der Waals surface area contributed by atoms with Crippen LogP contribution in [-0.2, 0) is 6.18 Å². The number of hydrogen-bond acceptors (Lipinski definition) is 4. The number of rotatable bonds is 4. The molecule has 0 saturated carbocycles. The van der Waals surface area contributed by atoms with Gasteiger partial charge in [0.2, 0.25) is 0 Å². The summed E-state index contributed by atoms with van der Waals surface area (Å²) in [6, 6.07) is 19.6. The number of benzene rings is 3. The zero-order valence-corrected chi connectivity index (χ0v) is 20.0. The van der Waals surface area contributed by atoms with Crippen LogP contribution in [0.3, 0.4) is 0 Å². The van der Waals surface area contributed by atoms with Crippen LogP contribution in [0.2, 0.25) is 0 Å². The van der Waals surface area contributed by atoms with E-state index in [1.165, 1.54) is 11.9 Å². The highest BCUT2D eigenvalue weighted by atomic mass is 19.4. The highest BCUT2D eigenvalue weighted by Crippen LogP contribution is 2.35. The van der Waals surface area contributed by atoms with Crippen LogP contribution in [0.15, 0.2) is 72.8 Å². The number of amides is 1. The molecule has 1 aromatic heterocycles. The number of carbonyl (C=O) groups excluding carboxylic acids is 1. The molecule has 0 unspecified atom stereocenters. The minimum Gasteiger partial charge on any atom is -0.354 e. The van der Waals surface area contributed by atoms with Crippen LogP contribution in [0.25, 0.3) is 22.0 Å². The Morgan fingerprint density at radius 1 is 0.919 bits per heavy atom. The van der Waals surface area contributed by atoms with Crippen LogP contribution in [-0.4, -0.2) is 47.2 Å². The maximum Gasteiger partial charge on any atom is 0.417 e. The standard InChI is InChI=1S/C28H24F4N4O/c1-35(27(37)23-12-11-19(29)17-24(23)28(30,31)32)20-13-15-36(16-14-20)26-22-10-6-5-9-21(22)25(33-34-26)18-7-3-2-4-8-18/h2-12,17,20H,13-16H2,1H3. The smallest absolute Gasteiger partial charge is 0.354 e. The molecule has 1 amide bonds. The van der Waals surface area contributed by atoms with Crippen LogP contribution in [0.1, 0.15) is 28.8 Å². The number of halogens is 4. The molecular weight excluding hydrogens is 484 g/mol. The number of alkyl halides is 3. The summed E-state index contributed by atoms with van der Waals surface area (Å²) in [7, 11) is 1.50. The van der Waals surface area contributed by atoms with Gasteiger partial charge in [0.1, 0.15) is 11.5 Å². The molecule has 9 heteroatoms. The molecule has 37 heavy (non-hydrogen) atoms. The summed E-state index contributed by atoms with van der Waals surface area (Å²) in [6.45, 7) is 1.11. The molecule has 1 fully saturated rings. The zero-order chi connectivity index (χ0) is 26.2. The molecule has 0 bridgehead atoms. The van der Waals surface area contributed by atoms with Crippen molar-refractivity contribution in [3.63, 3.8) is 0 Å². The summed E-state index contributed by atoms with van der Waals surface area (Å²) in [4.78, 5) is 16.4. The Bertz CT molecular complexity index is 1430. The summed E-state index contributed by atoms with van der Waals surface area (Å²) < 4.78 is 53.8. The van der Waals surface area contributed by atoms with Crippen molar-refractivity contribution in [2.75, 3.05) is 25.0 Å². The number of aromatic nitrogens is 2. The number of fused-ring (bicyclic) bond motifs is 1. The van der Waals surface area contributed by atoms with Gasteiger partial charge in [-0.05, 0) is 31.0 Å². The first-order valence-electron chi connectivity index (χ1n) is 11.9. The highest BCUT2D eigenvalue weighted by Gasteiger charge is 2.37. The van der Waals surface area contributed by atoms with Gasteiger partial charge in [-0.3, -0.25) is 4.79 Å². The third kappa shape index (κ3) is 4.85. The van der Waals surface area contributed by atoms with Gasteiger partial charge in [-0.25, -0.2) is 4.39 Å². The minimum absolute atomic E-state index is 0.266. The summed E-state index contributed by atoms with van der Waals surface area (Å²) in [5.41, 5.74) is -0.0511. The lowest BCUT2D eigenvalue weighted by Crippen LogP contribution is -2.46. The molecule has 0 spiro atoms. The summed E-state index contributed by atoms with van der Waals surface area (Å²) >= 11 is 0. The number of nitrogens with zero attached hydrogens (tertiary/aromatic N) is 4. The maximum absolute atomic E-state index is 13.5. The predicted octanol–water partition coefficient (Wildman–Crippen LogP) is 6.20. The quantitative estimate of drug-likeness (QED) is 0.308. The van der Waals surface area contributed by atoms with Crippen LogP contribution in [0.5, 0.6) is 0 Å². The van der Waals surface area contributed by atoms with Crippen molar-refractivity contribution in [3.8, 4) is 11.3 Å². The minimum atomic E-state index is -4.83. The van der Waals surface area contributed by atoms with E-state index in [9.17, 15) is 22.4 Å². The van der Waals surface area contributed by atoms with E-state index in [2.05, 4.69) is 15.1 Å². The Labute approximate surface area is 211 Å². The molecule has 1 aliphatic heterocycles. The third-order valence-corrected chi connectivity index (χ3v) is 6.86. The van der Waals surface area contributed by atoms with Gasteiger partial charge >= 0.3 is 6.18 Å². The van der Waals surface area contributed by atoms with E-state index in [1.54, 1.807) is 0 Å². The second-order valence-electron chi connectivity index (χ2n) is 9.11. The Morgan fingerprint density at radius 2 is 1.57 bits per heavy atom. The van der Waals surface area contributed by atoms with Crippen molar-refractivity contribution in [1.82, 2.24) is 15.1 Å². The lowest BCUT2D eigenvalue weighted by atomic mass is 9.99. The van der Waals surface area contributed by atoms with Crippen molar-refractivity contribution >= 4 is 22.5 Å². The molecule has 0 atom stereocenters.